The standard InChI is InChI=1S/C19H26FN3O/c1-4-5-6-7-10-24-17-11-14(2)8-9-16(17)13-21-18-12-15(3)22-19(20)23-18/h8-9,11-12H,4-7,10,13H2,1-3H3,(H,21,22,23). The van der Waals surface area contributed by atoms with Crippen molar-refractivity contribution >= 4 is 5.82 Å². The number of unbranched alkanes of at least 4 members (excludes halogenated alkanes) is 3. The number of rotatable bonds is 9. The summed E-state index contributed by atoms with van der Waals surface area (Å²) in [6, 6.07) is 7.85. The number of aryl methyl sites for hydroxylation is 2. The molecule has 2 rings (SSSR count). The number of hydrogen-bond acceptors (Lipinski definition) is 4. The third-order valence-electron chi connectivity index (χ3n) is 3.77. The van der Waals surface area contributed by atoms with Gasteiger partial charge >= 0.3 is 6.08 Å². The lowest BCUT2D eigenvalue weighted by atomic mass is 10.1. The number of nitrogens with one attached hydrogen (secondary N) is 1. The summed E-state index contributed by atoms with van der Waals surface area (Å²) in [4.78, 5) is 7.40. The minimum absolute atomic E-state index is 0.481. The summed E-state index contributed by atoms with van der Waals surface area (Å²) in [7, 11) is 0. The van der Waals surface area contributed by atoms with E-state index in [1.165, 1.54) is 19.3 Å². The first kappa shape index (κ1) is 18.2. The van der Waals surface area contributed by atoms with Gasteiger partial charge in [0.25, 0.3) is 0 Å². The van der Waals surface area contributed by atoms with E-state index in [2.05, 4.69) is 22.2 Å². The number of benzene rings is 1. The van der Waals surface area contributed by atoms with Crippen LogP contribution in [0.2, 0.25) is 0 Å². The Labute approximate surface area is 143 Å². The quantitative estimate of drug-likeness (QED) is 0.529. The lowest BCUT2D eigenvalue weighted by Gasteiger charge is -2.13. The van der Waals surface area contributed by atoms with Gasteiger partial charge in [-0.15, -0.1) is 0 Å². The van der Waals surface area contributed by atoms with Gasteiger partial charge in [0.15, 0.2) is 0 Å². The Morgan fingerprint density at radius 1 is 1.08 bits per heavy atom. The minimum Gasteiger partial charge on any atom is -0.493 e. The van der Waals surface area contributed by atoms with Gasteiger partial charge in [0.2, 0.25) is 0 Å². The van der Waals surface area contributed by atoms with E-state index in [1.807, 2.05) is 25.1 Å². The van der Waals surface area contributed by atoms with Crippen LogP contribution in [-0.2, 0) is 6.54 Å². The molecule has 0 amide bonds. The highest BCUT2D eigenvalue weighted by atomic mass is 19.1. The van der Waals surface area contributed by atoms with Gasteiger partial charge in [-0.1, -0.05) is 38.3 Å². The van der Waals surface area contributed by atoms with Crippen molar-refractivity contribution < 1.29 is 9.13 Å². The molecular weight excluding hydrogens is 305 g/mol. The predicted octanol–water partition coefficient (Wildman–Crippen LogP) is 4.80. The Balaban J connectivity index is 1.98. The highest BCUT2D eigenvalue weighted by Gasteiger charge is 2.06. The first-order chi connectivity index (χ1) is 11.6. The van der Waals surface area contributed by atoms with E-state index >= 15 is 0 Å². The lowest BCUT2D eigenvalue weighted by Crippen LogP contribution is -2.07. The maximum atomic E-state index is 13.3. The van der Waals surface area contributed by atoms with Crippen LogP contribution in [0.4, 0.5) is 10.2 Å². The van der Waals surface area contributed by atoms with Crippen molar-refractivity contribution in [1.82, 2.24) is 9.97 Å². The van der Waals surface area contributed by atoms with E-state index in [-0.39, 0.29) is 0 Å². The number of hydrogen-bond donors (Lipinski definition) is 1. The van der Waals surface area contributed by atoms with Crippen LogP contribution in [0.5, 0.6) is 5.75 Å². The molecule has 0 fully saturated rings. The summed E-state index contributed by atoms with van der Waals surface area (Å²) in [6.45, 7) is 7.23. The SMILES string of the molecule is CCCCCCOc1cc(C)ccc1CNc1cc(C)nc(F)n1. The van der Waals surface area contributed by atoms with Crippen LogP contribution in [0, 0.1) is 19.9 Å². The molecule has 1 N–H and O–H groups in total. The molecule has 0 saturated carbocycles. The Morgan fingerprint density at radius 3 is 2.67 bits per heavy atom. The molecule has 0 radical (unpaired) electrons. The molecule has 2 aromatic rings. The van der Waals surface area contributed by atoms with Crippen molar-refractivity contribution in [1.29, 1.82) is 0 Å². The molecule has 1 aromatic carbocycles. The second-order valence-corrected chi connectivity index (χ2v) is 6.04. The third-order valence-corrected chi connectivity index (χ3v) is 3.77. The van der Waals surface area contributed by atoms with E-state index in [9.17, 15) is 4.39 Å². The van der Waals surface area contributed by atoms with E-state index in [0.29, 0.717) is 18.1 Å². The van der Waals surface area contributed by atoms with Crippen molar-refractivity contribution in [3.63, 3.8) is 0 Å². The molecule has 0 bridgehead atoms. The maximum absolute atomic E-state index is 13.3. The Hall–Kier alpha value is -2.17. The molecule has 0 aliphatic heterocycles. The number of ether oxygens (including phenoxy) is 1. The molecule has 0 aliphatic carbocycles. The molecule has 1 aromatic heterocycles. The van der Waals surface area contributed by atoms with Crippen LogP contribution >= 0.6 is 0 Å². The average Bonchev–Trinajstić information content (AvgIpc) is 2.53. The highest BCUT2D eigenvalue weighted by Crippen LogP contribution is 2.22. The molecule has 5 heteroatoms. The first-order valence-electron chi connectivity index (χ1n) is 8.56. The summed E-state index contributed by atoms with van der Waals surface area (Å²) in [5.74, 6) is 1.36. The van der Waals surface area contributed by atoms with Crippen molar-refractivity contribution in [2.24, 2.45) is 0 Å². The minimum atomic E-state index is -0.714. The van der Waals surface area contributed by atoms with Crippen LogP contribution in [0.1, 0.15) is 49.4 Å². The second-order valence-electron chi connectivity index (χ2n) is 6.04. The zero-order valence-electron chi connectivity index (χ0n) is 14.7. The Morgan fingerprint density at radius 2 is 1.92 bits per heavy atom. The van der Waals surface area contributed by atoms with Gasteiger partial charge in [-0.25, -0.2) is 4.98 Å². The molecule has 0 spiro atoms. The molecule has 24 heavy (non-hydrogen) atoms. The smallest absolute Gasteiger partial charge is 0.310 e. The molecule has 130 valence electrons. The largest absolute Gasteiger partial charge is 0.493 e. The van der Waals surface area contributed by atoms with Crippen LogP contribution in [0.25, 0.3) is 0 Å². The van der Waals surface area contributed by atoms with E-state index in [1.54, 1.807) is 13.0 Å². The average molecular weight is 331 g/mol. The summed E-state index contributed by atoms with van der Waals surface area (Å²) < 4.78 is 19.2. The molecule has 0 unspecified atom stereocenters. The van der Waals surface area contributed by atoms with Gasteiger partial charge in [0, 0.05) is 23.9 Å². The fourth-order valence-corrected chi connectivity index (χ4v) is 2.46. The summed E-state index contributed by atoms with van der Waals surface area (Å²) in [6.07, 6.45) is 3.99. The van der Waals surface area contributed by atoms with Crippen LogP contribution in [-0.4, -0.2) is 16.6 Å². The Kier molecular flexibility index (Phi) is 6.97. The van der Waals surface area contributed by atoms with Crippen molar-refractivity contribution in [3.8, 4) is 5.75 Å². The molecule has 0 atom stereocenters. The van der Waals surface area contributed by atoms with Gasteiger partial charge in [0.1, 0.15) is 11.6 Å². The normalized spacial score (nSPS) is 10.7. The second kappa shape index (κ2) is 9.21. The molecule has 4 nitrogen and oxygen atoms in total. The van der Waals surface area contributed by atoms with E-state index in [0.717, 1.165) is 29.9 Å². The van der Waals surface area contributed by atoms with E-state index < -0.39 is 6.08 Å². The maximum Gasteiger partial charge on any atom is 0.310 e. The zero-order chi connectivity index (χ0) is 17.4. The number of anilines is 1. The number of halogens is 1. The van der Waals surface area contributed by atoms with Gasteiger partial charge in [-0.05, 0) is 31.9 Å². The van der Waals surface area contributed by atoms with Crippen molar-refractivity contribution in [2.75, 3.05) is 11.9 Å². The fourth-order valence-electron chi connectivity index (χ4n) is 2.46. The number of nitrogens with zero attached hydrogens (tertiary/aromatic N) is 2. The van der Waals surface area contributed by atoms with Crippen molar-refractivity contribution in [3.05, 3.63) is 47.2 Å². The molecule has 0 aliphatic rings. The summed E-state index contributed by atoms with van der Waals surface area (Å²) >= 11 is 0. The third kappa shape index (κ3) is 5.80. The Bertz CT molecular complexity index is 641. The zero-order valence-corrected chi connectivity index (χ0v) is 14.7. The first-order valence-corrected chi connectivity index (χ1v) is 8.56. The highest BCUT2D eigenvalue weighted by molar-refractivity contribution is 5.41. The summed E-state index contributed by atoms with van der Waals surface area (Å²) in [5, 5.41) is 3.14. The number of aromatic nitrogens is 2. The molecule has 1 heterocycles. The van der Waals surface area contributed by atoms with Crippen molar-refractivity contribution in [2.45, 2.75) is 53.0 Å². The van der Waals surface area contributed by atoms with Gasteiger partial charge in [0.05, 0.1) is 6.61 Å². The van der Waals surface area contributed by atoms with Crippen LogP contribution < -0.4 is 10.1 Å². The monoisotopic (exact) mass is 331 g/mol. The van der Waals surface area contributed by atoms with Crippen LogP contribution in [0.3, 0.4) is 0 Å². The lowest BCUT2D eigenvalue weighted by molar-refractivity contribution is 0.302. The molecule has 0 saturated heterocycles. The topological polar surface area (TPSA) is 47.0 Å². The summed E-state index contributed by atoms with van der Waals surface area (Å²) in [5.41, 5.74) is 2.79. The molecular formula is C19H26FN3O. The van der Waals surface area contributed by atoms with Gasteiger partial charge in [-0.2, -0.15) is 9.37 Å². The van der Waals surface area contributed by atoms with Gasteiger partial charge < -0.3 is 10.1 Å². The van der Waals surface area contributed by atoms with Crippen LogP contribution in [0.15, 0.2) is 24.3 Å². The van der Waals surface area contributed by atoms with E-state index in [4.69, 9.17) is 4.74 Å². The van der Waals surface area contributed by atoms with Gasteiger partial charge in [-0.3, -0.25) is 0 Å². The fraction of sp³-hybridized carbons (Fsp3) is 0.474. The predicted molar refractivity (Wildman–Crippen MR) is 94.9 cm³/mol.